The molecule has 0 bridgehead atoms. The quantitative estimate of drug-likeness (QED) is 0.506. The molecule has 0 unspecified atom stereocenters. The second kappa shape index (κ2) is 8.94. The van der Waals surface area contributed by atoms with Gasteiger partial charge in [0.1, 0.15) is 18.1 Å². The van der Waals surface area contributed by atoms with Crippen molar-refractivity contribution >= 4 is 10.9 Å². The number of fused-ring (bicyclic) bond motifs is 1. The molecule has 1 aliphatic rings. The third kappa shape index (κ3) is 4.42. The van der Waals surface area contributed by atoms with Gasteiger partial charge in [0.05, 0.1) is 17.4 Å². The number of likely N-dealkylation sites (N-methyl/N-ethyl adjacent to an activating group) is 1. The summed E-state index contributed by atoms with van der Waals surface area (Å²) < 4.78 is 7.58. The number of hydrogen-bond donors (Lipinski definition) is 1. The highest BCUT2D eigenvalue weighted by atomic mass is 16.5. The van der Waals surface area contributed by atoms with Crippen molar-refractivity contribution < 1.29 is 4.74 Å². The summed E-state index contributed by atoms with van der Waals surface area (Å²) in [5.74, 6) is 0.828. The number of nitrogens with one attached hydrogen (secondary N) is 1. The van der Waals surface area contributed by atoms with Crippen LogP contribution in [0.15, 0.2) is 65.6 Å². The summed E-state index contributed by atoms with van der Waals surface area (Å²) in [4.78, 5) is 20.2. The first-order chi connectivity index (χ1) is 15.7. The molecule has 0 amide bonds. The van der Waals surface area contributed by atoms with Crippen molar-refractivity contribution in [1.29, 1.82) is 0 Å². The Kier molecular flexibility index (Phi) is 5.70. The fourth-order valence-electron chi connectivity index (χ4n) is 3.91. The molecule has 2 aromatic carbocycles. The van der Waals surface area contributed by atoms with E-state index in [0.717, 1.165) is 55.1 Å². The topological polar surface area (TPSA) is 79.3 Å². The fraction of sp³-hybridized carbons (Fsp3) is 0.292. The number of nitrogens with zero attached hydrogens (tertiary/aromatic N) is 5. The maximum atomic E-state index is 12.5. The zero-order valence-electron chi connectivity index (χ0n) is 18.1. The lowest BCUT2D eigenvalue weighted by atomic mass is 10.1. The fourth-order valence-corrected chi connectivity index (χ4v) is 3.91. The molecule has 0 atom stereocenters. The van der Waals surface area contributed by atoms with E-state index >= 15 is 0 Å². The van der Waals surface area contributed by atoms with Gasteiger partial charge in [-0.05, 0) is 48.8 Å². The molecule has 32 heavy (non-hydrogen) atoms. The molecule has 2 aromatic heterocycles. The van der Waals surface area contributed by atoms with Crippen LogP contribution in [0.4, 0.5) is 0 Å². The first kappa shape index (κ1) is 20.4. The van der Waals surface area contributed by atoms with E-state index in [4.69, 9.17) is 4.74 Å². The average molecular weight is 431 g/mol. The lowest BCUT2D eigenvalue weighted by Gasteiger charge is -2.32. The Hall–Kier alpha value is -3.49. The van der Waals surface area contributed by atoms with Gasteiger partial charge < -0.3 is 14.6 Å². The molecule has 1 N–H and O–H groups in total. The van der Waals surface area contributed by atoms with Crippen LogP contribution in [0.2, 0.25) is 0 Å². The van der Waals surface area contributed by atoms with Crippen LogP contribution in [0, 0.1) is 0 Å². The van der Waals surface area contributed by atoms with Gasteiger partial charge in [0.25, 0.3) is 5.56 Å². The van der Waals surface area contributed by atoms with Gasteiger partial charge in [0.15, 0.2) is 0 Å². The number of hydrogen-bond acceptors (Lipinski definition) is 6. The normalized spacial score (nSPS) is 15.3. The van der Waals surface area contributed by atoms with Crippen LogP contribution >= 0.6 is 0 Å². The summed E-state index contributed by atoms with van der Waals surface area (Å²) in [6.07, 6.45) is 1.77. The van der Waals surface area contributed by atoms with E-state index in [9.17, 15) is 4.79 Å². The number of aromatic nitrogens is 4. The second-order valence-electron chi connectivity index (χ2n) is 8.14. The number of H-pyrrole nitrogens is 1. The van der Waals surface area contributed by atoms with E-state index < -0.39 is 0 Å². The Bertz CT molecular complexity index is 1260. The predicted octanol–water partition coefficient (Wildman–Crippen LogP) is 2.40. The zero-order chi connectivity index (χ0) is 21.9. The van der Waals surface area contributed by atoms with Crippen LogP contribution in [0.5, 0.6) is 5.75 Å². The van der Waals surface area contributed by atoms with Crippen molar-refractivity contribution in [2.45, 2.75) is 0 Å². The van der Waals surface area contributed by atoms with Gasteiger partial charge >= 0.3 is 0 Å². The summed E-state index contributed by atoms with van der Waals surface area (Å²) in [6.45, 7) is 6.00. The molecular formula is C24H26N6O2. The zero-order valence-corrected chi connectivity index (χ0v) is 18.1. The number of piperazine rings is 1. The van der Waals surface area contributed by atoms with E-state index in [1.165, 1.54) is 0 Å². The smallest absolute Gasteiger partial charge is 0.258 e. The monoisotopic (exact) mass is 430 g/mol. The van der Waals surface area contributed by atoms with Crippen molar-refractivity contribution in [2.24, 2.45) is 0 Å². The Labute approximate surface area is 186 Å². The van der Waals surface area contributed by atoms with E-state index in [0.29, 0.717) is 17.9 Å². The van der Waals surface area contributed by atoms with Crippen molar-refractivity contribution in [3.63, 3.8) is 0 Å². The maximum absolute atomic E-state index is 12.5. The molecular weight excluding hydrogens is 404 g/mol. The molecule has 0 saturated carbocycles. The number of pyridine rings is 1. The molecule has 0 aliphatic carbocycles. The third-order valence-corrected chi connectivity index (χ3v) is 5.90. The van der Waals surface area contributed by atoms with Gasteiger partial charge in [-0.2, -0.15) is 0 Å². The van der Waals surface area contributed by atoms with Crippen LogP contribution in [0.25, 0.3) is 27.8 Å². The number of para-hydroxylation sites is 1. The predicted molar refractivity (Wildman–Crippen MR) is 124 cm³/mol. The average Bonchev–Trinajstić information content (AvgIpc) is 3.30. The molecule has 8 nitrogen and oxygen atoms in total. The largest absolute Gasteiger partial charge is 0.492 e. The van der Waals surface area contributed by atoms with Gasteiger partial charge in [-0.15, -0.1) is 5.10 Å². The Morgan fingerprint density at radius 3 is 2.62 bits per heavy atom. The standard InChI is InChI=1S/C24H26N6O2/c1-28-10-12-29(13-11-28)14-15-32-20-8-6-19(7-9-20)30-17-23(26-27-30)21-16-18-4-2-3-5-22(18)25-24(21)31/h2-9,16-17H,10-15H2,1H3,(H,25,31). The van der Waals surface area contributed by atoms with Crippen LogP contribution < -0.4 is 10.3 Å². The van der Waals surface area contributed by atoms with Gasteiger partial charge in [-0.25, -0.2) is 4.68 Å². The van der Waals surface area contributed by atoms with Crippen LogP contribution in [-0.4, -0.2) is 76.2 Å². The van der Waals surface area contributed by atoms with Gasteiger partial charge in [0, 0.05) is 38.2 Å². The van der Waals surface area contributed by atoms with Gasteiger partial charge in [-0.3, -0.25) is 9.69 Å². The SMILES string of the molecule is CN1CCN(CCOc2ccc(-n3cc(-c4cc5ccccc5[nH]c4=O)nn3)cc2)CC1. The molecule has 0 radical (unpaired) electrons. The molecule has 4 aromatic rings. The lowest BCUT2D eigenvalue weighted by molar-refractivity contribution is 0.134. The number of benzene rings is 2. The molecule has 1 aliphatic heterocycles. The van der Waals surface area contributed by atoms with E-state index in [1.807, 2.05) is 54.6 Å². The highest BCUT2D eigenvalue weighted by Crippen LogP contribution is 2.20. The minimum absolute atomic E-state index is 0.181. The molecule has 1 saturated heterocycles. The minimum Gasteiger partial charge on any atom is -0.492 e. The molecule has 0 spiro atoms. The number of aromatic amines is 1. The highest BCUT2D eigenvalue weighted by molar-refractivity contribution is 5.82. The van der Waals surface area contributed by atoms with Crippen molar-refractivity contribution in [3.05, 3.63) is 71.1 Å². The molecule has 5 rings (SSSR count). The highest BCUT2D eigenvalue weighted by Gasteiger charge is 2.13. The van der Waals surface area contributed by atoms with Crippen LogP contribution in [0.3, 0.4) is 0 Å². The summed E-state index contributed by atoms with van der Waals surface area (Å²) in [6, 6.07) is 17.3. The Morgan fingerprint density at radius 2 is 1.81 bits per heavy atom. The first-order valence-corrected chi connectivity index (χ1v) is 10.8. The number of rotatable bonds is 6. The second-order valence-corrected chi connectivity index (χ2v) is 8.14. The number of ether oxygens (including phenoxy) is 1. The summed E-state index contributed by atoms with van der Waals surface area (Å²) in [7, 11) is 2.16. The third-order valence-electron chi connectivity index (χ3n) is 5.90. The molecule has 8 heteroatoms. The van der Waals surface area contributed by atoms with Crippen LogP contribution in [-0.2, 0) is 0 Å². The maximum Gasteiger partial charge on any atom is 0.258 e. The van der Waals surface area contributed by atoms with Crippen molar-refractivity contribution in [3.8, 4) is 22.7 Å². The summed E-state index contributed by atoms with van der Waals surface area (Å²) in [5, 5.41) is 9.37. The summed E-state index contributed by atoms with van der Waals surface area (Å²) >= 11 is 0. The van der Waals surface area contributed by atoms with Crippen LogP contribution in [0.1, 0.15) is 0 Å². The van der Waals surface area contributed by atoms with Gasteiger partial charge in [-0.1, -0.05) is 23.4 Å². The van der Waals surface area contributed by atoms with E-state index in [2.05, 4.69) is 32.1 Å². The lowest BCUT2D eigenvalue weighted by Crippen LogP contribution is -2.45. The molecule has 1 fully saturated rings. The first-order valence-electron chi connectivity index (χ1n) is 10.8. The van der Waals surface area contributed by atoms with Crippen molar-refractivity contribution in [1.82, 2.24) is 29.8 Å². The van der Waals surface area contributed by atoms with Gasteiger partial charge in [0.2, 0.25) is 0 Å². The Balaban J connectivity index is 1.25. The van der Waals surface area contributed by atoms with Crippen molar-refractivity contribution in [2.75, 3.05) is 46.4 Å². The van der Waals surface area contributed by atoms with E-state index in [1.54, 1.807) is 10.9 Å². The molecule has 3 heterocycles. The van der Waals surface area contributed by atoms with E-state index in [-0.39, 0.29) is 5.56 Å². The Morgan fingerprint density at radius 1 is 1.03 bits per heavy atom. The molecule has 164 valence electrons. The minimum atomic E-state index is -0.181. The summed E-state index contributed by atoms with van der Waals surface area (Å²) in [5.41, 5.74) is 2.51.